The third-order valence-corrected chi connectivity index (χ3v) is 1.98. The smallest absolute Gasteiger partial charge is 0.213 e. The summed E-state index contributed by atoms with van der Waals surface area (Å²) in [5, 5.41) is 3.14. The molecule has 0 amide bonds. The highest BCUT2D eigenvalue weighted by Gasteiger charge is 2.05. The molecule has 0 saturated carbocycles. The maximum Gasteiger partial charge on any atom is 0.213 e. The van der Waals surface area contributed by atoms with Crippen molar-refractivity contribution in [2.24, 2.45) is 0 Å². The van der Waals surface area contributed by atoms with Gasteiger partial charge in [-0.2, -0.15) is 0 Å². The quantitative estimate of drug-likeness (QED) is 0.745. The molecule has 0 aliphatic carbocycles. The number of nitrogens with one attached hydrogen (secondary N) is 1. The maximum absolute atomic E-state index is 5.07. The van der Waals surface area contributed by atoms with Gasteiger partial charge < -0.3 is 14.8 Å². The van der Waals surface area contributed by atoms with Gasteiger partial charge in [-0.25, -0.2) is 4.98 Å². The van der Waals surface area contributed by atoms with E-state index in [-0.39, 0.29) is 0 Å². The van der Waals surface area contributed by atoms with Crippen LogP contribution in [0.2, 0.25) is 0 Å². The van der Waals surface area contributed by atoms with Crippen molar-refractivity contribution >= 4 is 5.69 Å². The van der Waals surface area contributed by atoms with E-state index in [4.69, 9.17) is 9.47 Å². The second-order valence-corrected chi connectivity index (χ2v) is 3.05. The van der Waals surface area contributed by atoms with Gasteiger partial charge >= 0.3 is 0 Å². The standard InChI is InChI=1S/C10H16N2O2/c1-7-5-9(14-4)12-8(2)10(7)11-6-13-3/h5,11H,6H2,1-4H3. The van der Waals surface area contributed by atoms with Crippen LogP contribution in [0, 0.1) is 13.8 Å². The normalized spacial score (nSPS) is 10.0. The summed E-state index contributed by atoms with van der Waals surface area (Å²) < 4.78 is 10.0. The van der Waals surface area contributed by atoms with Crippen molar-refractivity contribution in [1.29, 1.82) is 0 Å². The maximum atomic E-state index is 5.07. The summed E-state index contributed by atoms with van der Waals surface area (Å²) in [6.07, 6.45) is 0. The Labute approximate surface area is 84.3 Å². The van der Waals surface area contributed by atoms with Gasteiger partial charge in [-0.05, 0) is 19.4 Å². The van der Waals surface area contributed by atoms with Crippen molar-refractivity contribution in [3.05, 3.63) is 17.3 Å². The van der Waals surface area contributed by atoms with Crippen LogP contribution >= 0.6 is 0 Å². The molecule has 1 aromatic rings. The minimum Gasteiger partial charge on any atom is -0.481 e. The second-order valence-electron chi connectivity index (χ2n) is 3.05. The van der Waals surface area contributed by atoms with Gasteiger partial charge in [-0.15, -0.1) is 0 Å². The van der Waals surface area contributed by atoms with Gasteiger partial charge in [-0.1, -0.05) is 0 Å². The molecule has 0 aliphatic rings. The summed E-state index contributed by atoms with van der Waals surface area (Å²) in [4.78, 5) is 4.27. The van der Waals surface area contributed by atoms with Crippen LogP contribution in [0.5, 0.6) is 5.88 Å². The van der Waals surface area contributed by atoms with Crippen molar-refractivity contribution in [1.82, 2.24) is 4.98 Å². The molecule has 0 unspecified atom stereocenters. The zero-order chi connectivity index (χ0) is 10.6. The molecule has 0 radical (unpaired) electrons. The Bertz CT molecular complexity index is 290. The minimum atomic E-state index is 0.482. The summed E-state index contributed by atoms with van der Waals surface area (Å²) in [6.45, 7) is 4.43. The van der Waals surface area contributed by atoms with Gasteiger partial charge in [0.15, 0.2) is 0 Å². The monoisotopic (exact) mass is 196 g/mol. The summed E-state index contributed by atoms with van der Waals surface area (Å²) in [5.74, 6) is 0.642. The number of nitrogens with zero attached hydrogens (tertiary/aromatic N) is 1. The molecule has 0 aromatic carbocycles. The molecule has 1 heterocycles. The number of aryl methyl sites for hydroxylation is 2. The molecular weight excluding hydrogens is 180 g/mol. The molecule has 0 saturated heterocycles. The SMILES string of the molecule is COCNc1c(C)cc(OC)nc1C. The highest BCUT2D eigenvalue weighted by Crippen LogP contribution is 2.22. The molecule has 0 fully saturated rings. The van der Waals surface area contributed by atoms with E-state index in [0.717, 1.165) is 16.9 Å². The lowest BCUT2D eigenvalue weighted by atomic mass is 10.2. The lowest BCUT2D eigenvalue weighted by Crippen LogP contribution is -2.07. The molecule has 0 aliphatic heterocycles. The molecule has 0 bridgehead atoms. The van der Waals surface area contributed by atoms with Crippen LogP contribution in [0.3, 0.4) is 0 Å². The van der Waals surface area contributed by atoms with E-state index < -0.39 is 0 Å². The van der Waals surface area contributed by atoms with E-state index in [1.54, 1.807) is 14.2 Å². The van der Waals surface area contributed by atoms with Gasteiger partial charge in [0.05, 0.1) is 18.5 Å². The van der Waals surface area contributed by atoms with Crippen molar-refractivity contribution in [3.63, 3.8) is 0 Å². The lowest BCUT2D eigenvalue weighted by Gasteiger charge is -2.12. The minimum absolute atomic E-state index is 0.482. The van der Waals surface area contributed by atoms with Crippen molar-refractivity contribution in [3.8, 4) is 5.88 Å². The van der Waals surface area contributed by atoms with Crippen LogP contribution < -0.4 is 10.1 Å². The first-order valence-corrected chi connectivity index (χ1v) is 4.44. The largest absolute Gasteiger partial charge is 0.481 e. The Balaban J connectivity index is 2.93. The van der Waals surface area contributed by atoms with Crippen LogP contribution in [0.4, 0.5) is 5.69 Å². The molecule has 0 spiro atoms. The lowest BCUT2D eigenvalue weighted by molar-refractivity contribution is 0.221. The topological polar surface area (TPSA) is 43.4 Å². The number of aromatic nitrogens is 1. The third kappa shape index (κ3) is 2.35. The molecule has 1 aromatic heterocycles. The average Bonchev–Trinajstić information content (AvgIpc) is 2.16. The second kappa shape index (κ2) is 4.81. The molecule has 4 heteroatoms. The summed E-state index contributed by atoms with van der Waals surface area (Å²) in [5.41, 5.74) is 3.03. The van der Waals surface area contributed by atoms with E-state index >= 15 is 0 Å². The first-order valence-electron chi connectivity index (χ1n) is 4.44. The van der Waals surface area contributed by atoms with Crippen LogP contribution in [0.1, 0.15) is 11.3 Å². The zero-order valence-corrected chi connectivity index (χ0v) is 9.05. The summed E-state index contributed by atoms with van der Waals surface area (Å²) in [7, 11) is 3.26. The van der Waals surface area contributed by atoms with E-state index in [9.17, 15) is 0 Å². The van der Waals surface area contributed by atoms with E-state index in [0.29, 0.717) is 12.6 Å². The van der Waals surface area contributed by atoms with E-state index in [1.807, 2.05) is 19.9 Å². The van der Waals surface area contributed by atoms with Gasteiger partial charge in [-0.3, -0.25) is 0 Å². The Morgan fingerprint density at radius 2 is 2.07 bits per heavy atom. The molecule has 78 valence electrons. The Morgan fingerprint density at radius 3 is 2.57 bits per heavy atom. The molecule has 14 heavy (non-hydrogen) atoms. The summed E-state index contributed by atoms with van der Waals surface area (Å²) >= 11 is 0. The van der Waals surface area contributed by atoms with Crippen molar-refractivity contribution in [2.75, 3.05) is 26.3 Å². The van der Waals surface area contributed by atoms with Crippen LogP contribution in [0.15, 0.2) is 6.07 Å². The van der Waals surface area contributed by atoms with E-state index in [1.165, 1.54) is 0 Å². The van der Waals surface area contributed by atoms with Crippen LogP contribution in [-0.2, 0) is 4.74 Å². The van der Waals surface area contributed by atoms with Crippen molar-refractivity contribution < 1.29 is 9.47 Å². The number of anilines is 1. The number of hydrogen-bond donors (Lipinski definition) is 1. The highest BCUT2D eigenvalue weighted by atomic mass is 16.5. The molecule has 1 N–H and O–H groups in total. The third-order valence-electron chi connectivity index (χ3n) is 1.98. The van der Waals surface area contributed by atoms with Gasteiger partial charge in [0.1, 0.15) is 6.73 Å². The Hall–Kier alpha value is -1.29. The molecule has 1 rings (SSSR count). The van der Waals surface area contributed by atoms with Crippen LogP contribution in [-0.4, -0.2) is 25.9 Å². The van der Waals surface area contributed by atoms with Gasteiger partial charge in [0.2, 0.25) is 5.88 Å². The van der Waals surface area contributed by atoms with Crippen molar-refractivity contribution in [2.45, 2.75) is 13.8 Å². The predicted molar refractivity (Wildman–Crippen MR) is 55.8 cm³/mol. The number of ether oxygens (including phenoxy) is 2. The fourth-order valence-corrected chi connectivity index (χ4v) is 1.31. The Morgan fingerprint density at radius 1 is 1.36 bits per heavy atom. The summed E-state index contributed by atoms with van der Waals surface area (Å²) in [6, 6.07) is 1.89. The zero-order valence-electron chi connectivity index (χ0n) is 9.05. The Kier molecular flexibility index (Phi) is 3.71. The number of hydrogen-bond acceptors (Lipinski definition) is 4. The van der Waals surface area contributed by atoms with Gasteiger partial charge in [0.25, 0.3) is 0 Å². The van der Waals surface area contributed by atoms with Gasteiger partial charge in [0, 0.05) is 13.2 Å². The fourth-order valence-electron chi connectivity index (χ4n) is 1.31. The molecule has 4 nitrogen and oxygen atoms in total. The van der Waals surface area contributed by atoms with Crippen LogP contribution in [0.25, 0.3) is 0 Å². The molecular formula is C10H16N2O2. The number of rotatable bonds is 4. The first kappa shape index (κ1) is 10.8. The predicted octanol–water partition coefficient (Wildman–Crippen LogP) is 1.72. The average molecular weight is 196 g/mol. The fraction of sp³-hybridized carbons (Fsp3) is 0.500. The molecule has 0 atom stereocenters. The van der Waals surface area contributed by atoms with E-state index in [2.05, 4.69) is 10.3 Å². The number of methoxy groups -OCH3 is 2. The number of pyridine rings is 1. The first-order chi connectivity index (χ1) is 6.69. The highest BCUT2D eigenvalue weighted by molar-refractivity contribution is 5.55.